The van der Waals surface area contributed by atoms with Crippen LogP contribution in [-0.4, -0.2) is 64.5 Å². The Kier molecular flexibility index (Phi) is 5.99. The van der Waals surface area contributed by atoms with Crippen LogP contribution in [0.25, 0.3) is 5.78 Å². The minimum absolute atomic E-state index is 0.165. The number of ether oxygens (including phenoxy) is 1. The number of rotatable bonds is 6. The Labute approximate surface area is 180 Å². The van der Waals surface area contributed by atoms with Gasteiger partial charge in [0.15, 0.2) is 0 Å². The summed E-state index contributed by atoms with van der Waals surface area (Å²) in [6, 6.07) is 6.23. The highest BCUT2D eigenvalue weighted by Crippen LogP contribution is 2.20. The van der Waals surface area contributed by atoms with Crippen LogP contribution in [0.1, 0.15) is 23.4 Å². The zero-order chi connectivity index (χ0) is 22.0. The lowest BCUT2D eigenvalue weighted by Gasteiger charge is -2.26. The number of nitrogens with zero attached hydrogens (tertiary/aromatic N) is 5. The largest absolute Gasteiger partial charge is 0.379 e. The topological polar surface area (TPSA) is 119 Å². The molecule has 0 atom stereocenters. The van der Waals surface area contributed by atoms with E-state index in [0.29, 0.717) is 44.2 Å². The summed E-state index contributed by atoms with van der Waals surface area (Å²) in [5.74, 6) is 0.372. The molecule has 1 amide bonds. The normalized spacial score (nSPS) is 15.3. The first kappa shape index (κ1) is 21.3. The van der Waals surface area contributed by atoms with Crippen LogP contribution in [0, 0.1) is 13.8 Å². The van der Waals surface area contributed by atoms with E-state index >= 15 is 0 Å². The molecule has 4 rings (SSSR count). The van der Waals surface area contributed by atoms with E-state index in [1.165, 1.54) is 22.8 Å². The highest BCUT2D eigenvalue weighted by molar-refractivity contribution is 7.89. The van der Waals surface area contributed by atoms with Gasteiger partial charge in [0.25, 0.3) is 5.78 Å². The molecule has 1 aromatic carbocycles. The molecule has 31 heavy (non-hydrogen) atoms. The summed E-state index contributed by atoms with van der Waals surface area (Å²) in [6.45, 7) is 5.29. The van der Waals surface area contributed by atoms with Crippen molar-refractivity contribution in [3.05, 3.63) is 47.5 Å². The molecule has 1 N–H and O–H groups in total. The molecule has 1 saturated heterocycles. The summed E-state index contributed by atoms with van der Waals surface area (Å²) in [5, 5.41) is 6.98. The smallest absolute Gasteiger partial charge is 0.252 e. The average Bonchev–Trinajstić information content (AvgIpc) is 3.23. The van der Waals surface area contributed by atoms with E-state index < -0.39 is 10.0 Å². The van der Waals surface area contributed by atoms with Crippen molar-refractivity contribution in [2.75, 3.05) is 31.6 Å². The number of nitrogens with one attached hydrogen (secondary N) is 1. The lowest BCUT2D eigenvalue weighted by atomic mass is 10.1. The van der Waals surface area contributed by atoms with E-state index in [2.05, 4.69) is 20.4 Å². The zero-order valence-electron chi connectivity index (χ0n) is 17.4. The summed E-state index contributed by atoms with van der Waals surface area (Å²) in [4.78, 5) is 21.2. The van der Waals surface area contributed by atoms with Crippen molar-refractivity contribution in [1.82, 2.24) is 23.9 Å². The lowest BCUT2D eigenvalue weighted by molar-refractivity contribution is -0.116. The maximum atomic E-state index is 12.7. The molecule has 0 bridgehead atoms. The molecule has 1 fully saturated rings. The van der Waals surface area contributed by atoms with Crippen LogP contribution in [-0.2, 0) is 26.0 Å². The molecule has 164 valence electrons. The number of hydrogen-bond donors (Lipinski definition) is 1. The van der Waals surface area contributed by atoms with Gasteiger partial charge in [0.1, 0.15) is 6.33 Å². The molecule has 0 unspecified atom stereocenters. The number of sulfonamides is 1. The minimum Gasteiger partial charge on any atom is -0.379 e. The summed E-state index contributed by atoms with van der Waals surface area (Å²) in [6.07, 6.45) is 2.22. The molecule has 0 aliphatic carbocycles. The fourth-order valence-corrected chi connectivity index (χ4v) is 5.03. The van der Waals surface area contributed by atoms with Crippen LogP contribution in [0.15, 0.2) is 35.5 Å². The van der Waals surface area contributed by atoms with E-state index in [-0.39, 0.29) is 17.2 Å². The maximum absolute atomic E-state index is 12.7. The third kappa shape index (κ3) is 4.43. The number of benzene rings is 1. The molecular weight excluding hydrogens is 420 g/mol. The summed E-state index contributed by atoms with van der Waals surface area (Å²) >= 11 is 0. The minimum atomic E-state index is -3.56. The second-order valence-corrected chi connectivity index (χ2v) is 9.26. The van der Waals surface area contributed by atoms with Crippen LogP contribution in [0.4, 0.5) is 5.69 Å². The van der Waals surface area contributed by atoms with Crippen molar-refractivity contribution in [2.45, 2.75) is 31.6 Å². The van der Waals surface area contributed by atoms with Crippen molar-refractivity contribution in [3.8, 4) is 0 Å². The van der Waals surface area contributed by atoms with E-state index in [0.717, 1.165) is 17.0 Å². The number of aromatic nitrogens is 4. The summed E-state index contributed by atoms with van der Waals surface area (Å²) in [5.41, 5.74) is 3.23. The first-order valence-corrected chi connectivity index (χ1v) is 11.4. The number of carbonyl (C=O) groups excluding carboxylic acids is 1. The fourth-order valence-electron chi connectivity index (χ4n) is 3.63. The summed E-state index contributed by atoms with van der Waals surface area (Å²) in [7, 11) is -3.56. The van der Waals surface area contributed by atoms with E-state index in [9.17, 15) is 13.2 Å². The number of hydrogen-bond acceptors (Lipinski definition) is 7. The molecule has 0 spiro atoms. The molecule has 0 radical (unpaired) electrons. The van der Waals surface area contributed by atoms with Gasteiger partial charge in [-0.15, -0.1) is 0 Å². The Morgan fingerprint density at radius 1 is 1.16 bits per heavy atom. The SMILES string of the molecule is Cc1nc2ncnn2c(C)c1CCC(=O)Nc1ccc(S(=O)(=O)N2CCOCC2)cc1. The second-order valence-electron chi connectivity index (χ2n) is 7.32. The molecule has 0 saturated carbocycles. The monoisotopic (exact) mass is 444 g/mol. The second kappa shape index (κ2) is 8.69. The van der Waals surface area contributed by atoms with E-state index in [4.69, 9.17) is 4.74 Å². The van der Waals surface area contributed by atoms with Crippen molar-refractivity contribution in [2.24, 2.45) is 0 Å². The maximum Gasteiger partial charge on any atom is 0.252 e. The summed E-state index contributed by atoms with van der Waals surface area (Å²) < 4.78 is 33.7. The van der Waals surface area contributed by atoms with Crippen LogP contribution < -0.4 is 5.32 Å². The Bertz CT molecular complexity index is 1200. The van der Waals surface area contributed by atoms with Crippen LogP contribution >= 0.6 is 0 Å². The molecule has 1 aliphatic heterocycles. The van der Waals surface area contributed by atoms with Gasteiger partial charge in [0, 0.05) is 36.6 Å². The van der Waals surface area contributed by atoms with Gasteiger partial charge < -0.3 is 10.1 Å². The van der Waals surface area contributed by atoms with Gasteiger partial charge in [0.2, 0.25) is 15.9 Å². The number of morpholine rings is 1. The van der Waals surface area contributed by atoms with E-state index in [1.807, 2.05) is 13.8 Å². The molecule has 3 heterocycles. The number of amides is 1. The third-order valence-corrected chi connectivity index (χ3v) is 7.25. The predicted molar refractivity (Wildman–Crippen MR) is 113 cm³/mol. The van der Waals surface area contributed by atoms with Gasteiger partial charge in [-0.3, -0.25) is 4.79 Å². The van der Waals surface area contributed by atoms with Crippen molar-refractivity contribution in [1.29, 1.82) is 0 Å². The van der Waals surface area contributed by atoms with Crippen molar-refractivity contribution < 1.29 is 17.9 Å². The third-order valence-electron chi connectivity index (χ3n) is 5.34. The van der Waals surface area contributed by atoms with Crippen LogP contribution in [0.3, 0.4) is 0 Å². The van der Waals surface area contributed by atoms with Crippen molar-refractivity contribution >= 4 is 27.4 Å². The molecule has 10 nitrogen and oxygen atoms in total. The number of fused-ring (bicyclic) bond motifs is 1. The Morgan fingerprint density at radius 2 is 1.87 bits per heavy atom. The standard InChI is InChI=1S/C20H24N6O4S/c1-14-18(15(2)26-20(23-14)21-13-22-26)7-8-19(27)24-16-3-5-17(6-4-16)31(28,29)25-9-11-30-12-10-25/h3-6,13H,7-12H2,1-2H3,(H,24,27). The Morgan fingerprint density at radius 3 is 2.58 bits per heavy atom. The predicted octanol–water partition coefficient (Wildman–Crippen LogP) is 1.33. The first-order valence-electron chi connectivity index (χ1n) is 10.00. The van der Waals surface area contributed by atoms with E-state index in [1.54, 1.807) is 16.6 Å². The average molecular weight is 445 g/mol. The Hall–Kier alpha value is -2.89. The van der Waals surface area contributed by atoms with Crippen LogP contribution in [0.2, 0.25) is 0 Å². The molecule has 11 heteroatoms. The van der Waals surface area contributed by atoms with Crippen LogP contribution in [0.5, 0.6) is 0 Å². The molecule has 2 aromatic heterocycles. The van der Waals surface area contributed by atoms with Crippen molar-refractivity contribution in [3.63, 3.8) is 0 Å². The van der Waals surface area contributed by atoms with Gasteiger partial charge in [-0.05, 0) is 50.1 Å². The van der Waals surface area contributed by atoms with Gasteiger partial charge in [-0.2, -0.15) is 14.4 Å². The Balaban J connectivity index is 1.39. The number of anilines is 1. The first-order chi connectivity index (χ1) is 14.9. The van der Waals surface area contributed by atoms with Gasteiger partial charge in [-0.25, -0.2) is 17.9 Å². The zero-order valence-corrected chi connectivity index (χ0v) is 18.2. The van der Waals surface area contributed by atoms with Gasteiger partial charge in [-0.1, -0.05) is 0 Å². The fraction of sp³-hybridized carbons (Fsp3) is 0.400. The lowest BCUT2D eigenvalue weighted by Crippen LogP contribution is -2.40. The highest BCUT2D eigenvalue weighted by Gasteiger charge is 2.26. The molecule has 1 aliphatic rings. The number of aryl methyl sites for hydroxylation is 2. The number of carbonyl (C=O) groups is 1. The quantitative estimate of drug-likeness (QED) is 0.609. The molecule has 3 aromatic rings. The highest BCUT2D eigenvalue weighted by atomic mass is 32.2. The van der Waals surface area contributed by atoms with Gasteiger partial charge >= 0.3 is 0 Å². The molecular formula is C20H24N6O4S. The van der Waals surface area contributed by atoms with Gasteiger partial charge in [0.05, 0.1) is 18.1 Å².